The fraction of sp³-hybridized carbons (Fsp3) is 0.235. The van der Waals surface area contributed by atoms with Gasteiger partial charge in [0.2, 0.25) is 5.91 Å². The van der Waals surface area contributed by atoms with Crippen molar-refractivity contribution in [2.24, 2.45) is 0 Å². The lowest BCUT2D eigenvalue weighted by atomic mass is 10.0. The number of benzene rings is 3. The molecule has 0 aliphatic carbocycles. The summed E-state index contributed by atoms with van der Waals surface area (Å²) in [7, 11) is 3.98. The standard InChI is InChI=1S/C34H38N8O3/c1-6-29(43)35-24-17-15-23(16-18-24)32(44)37-26-14-10-13-25(19-26)36-31-27-20-42(34(2,3)30(27)39-40-31)33(45)38-28(21-41(4)5)22-11-8-7-9-12-22/h6-19,28H,1,20-21H2,2-5H3,(H,35,43)(H,37,44)(H,38,45)(H2,36,39,40)/t28-/m1/s1. The third-order valence-electron chi connectivity index (χ3n) is 7.75. The molecule has 45 heavy (non-hydrogen) atoms. The molecule has 5 N–H and O–H groups in total. The van der Waals surface area contributed by atoms with Gasteiger partial charge in [0.1, 0.15) is 0 Å². The number of anilines is 4. The van der Waals surface area contributed by atoms with Gasteiger partial charge in [-0.05, 0) is 82.0 Å². The van der Waals surface area contributed by atoms with Crippen molar-refractivity contribution in [2.75, 3.05) is 36.6 Å². The summed E-state index contributed by atoms with van der Waals surface area (Å²) in [6.07, 6.45) is 1.18. The number of hydrogen-bond donors (Lipinski definition) is 5. The molecule has 0 fully saturated rings. The predicted molar refractivity (Wildman–Crippen MR) is 176 cm³/mol. The molecule has 1 aliphatic rings. The molecule has 11 heteroatoms. The molecule has 0 saturated carbocycles. The molecule has 0 bridgehead atoms. The molecule has 1 aromatic heterocycles. The van der Waals surface area contributed by atoms with Crippen molar-refractivity contribution >= 4 is 40.7 Å². The minimum Gasteiger partial charge on any atom is -0.338 e. The Morgan fingerprint density at radius 1 is 0.978 bits per heavy atom. The monoisotopic (exact) mass is 606 g/mol. The van der Waals surface area contributed by atoms with Gasteiger partial charge in [0.05, 0.1) is 23.8 Å². The van der Waals surface area contributed by atoms with E-state index in [1.165, 1.54) is 6.08 Å². The highest BCUT2D eigenvalue weighted by molar-refractivity contribution is 6.05. The van der Waals surface area contributed by atoms with Crippen molar-refractivity contribution in [3.05, 3.63) is 114 Å². The molecule has 11 nitrogen and oxygen atoms in total. The van der Waals surface area contributed by atoms with Gasteiger partial charge in [-0.25, -0.2) is 4.79 Å². The quantitative estimate of drug-likeness (QED) is 0.149. The maximum absolute atomic E-state index is 13.7. The van der Waals surface area contributed by atoms with Crippen LogP contribution < -0.4 is 21.3 Å². The van der Waals surface area contributed by atoms with Gasteiger partial charge in [0.15, 0.2) is 5.82 Å². The first kappa shape index (κ1) is 31.0. The summed E-state index contributed by atoms with van der Waals surface area (Å²) in [4.78, 5) is 41.9. The summed E-state index contributed by atoms with van der Waals surface area (Å²) in [6, 6.07) is 23.5. The van der Waals surface area contributed by atoms with E-state index in [-0.39, 0.29) is 23.9 Å². The number of urea groups is 1. The molecule has 5 rings (SSSR count). The summed E-state index contributed by atoms with van der Waals surface area (Å²) in [5, 5.41) is 19.8. The van der Waals surface area contributed by atoms with Crippen molar-refractivity contribution in [1.82, 2.24) is 25.3 Å². The van der Waals surface area contributed by atoms with Gasteiger partial charge in [0, 0.05) is 34.7 Å². The molecule has 232 valence electrons. The molecule has 1 atom stereocenters. The Labute approximate surface area is 262 Å². The van der Waals surface area contributed by atoms with E-state index in [1.54, 1.807) is 30.3 Å². The highest BCUT2D eigenvalue weighted by Gasteiger charge is 2.44. The molecule has 0 radical (unpaired) electrons. The Morgan fingerprint density at radius 2 is 1.69 bits per heavy atom. The van der Waals surface area contributed by atoms with Crippen LogP contribution in [0.2, 0.25) is 0 Å². The molecule has 2 heterocycles. The van der Waals surface area contributed by atoms with Crippen LogP contribution in [-0.2, 0) is 16.9 Å². The number of fused-ring (bicyclic) bond motifs is 1. The van der Waals surface area contributed by atoms with Crippen LogP contribution in [0.15, 0.2) is 91.5 Å². The van der Waals surface area contributed by atoms with Crippen molar-refractivity contribution < 1.29 is 14.4 Å². The Bertz CT molecular complexity index is 1700. The lowest BCUT2D eigenvalue weighted by Gasteiger charge is -2.34. The molecular formula is C34H38N8O3. The Balaban J connectivity index is 1.26. The molecule has 0 unspecified atom stereocenters. The van der Waals surface area contributed by atoms with Crippen molar-refractivity contribution in [1.29, 1.82) is 0 Å². The lowest BCUT2D eigenvalue weighted by molar-refractivity contribution is -0.111. The van der Waals surface area contributed by atoms with Crippen molar-refractivity contribution in [3.63, 3.8) is 0 Å². The van der Waals surface area contributed by atoms with Gasteiger partial charge < -0.3 is 31.1 Å². The summed E-state index contributed by atoms with van der Waals surface area (Å²) >= 11 is 0. The van der Waals surface area contributed by atoms with Gasteiger partial charge in [-0.1, -0.05) is 43.0 Å². The minimum atomic E-state index is -0.619. The number of rotatable bonds is 10. The van der Waals surface area contributed by atoms with Crippen LogP contribution in [0.1, 0.15) is 47.1 Å². The highest BCUT2D eigenvalue weighted by Crippen LogP contribution is 2.41. The third kappa shape index (κ3) is 7.05. The number of likely N-dealkylation sites (N-methyl/N-ethyl adjacent to an activating group) is 1. The zero-order chi connectivity index (χ0) is 32.1. The van der Waals surface area contributed by atoms with E-state index >= 15 is 0 Å². The van der Waals surface area contributed by atoms with Crippen LogP contribution in [0, 0.1) is 0 Å². The number of nitrogens with zero attached hydrogens (tertiary/aromatic N) is 3. The molecule has 1 aliphatic heterocycles. The van der Waals surface area contributed by atoms with Gasteiger partial charge >= 0.3 is 6.03 Å². The zero-order valence-corrected chi connectivity index (χ0v) is 25.8. The summed E-state index contributed by atoms with van der Waals surface area (Å²) < 4.78 is 0. The van der Waals surface area contributed by atoms with Crippen LogP contribution in [0.4, 0.5) is 27.7 Å². The first-order valence-corrected chi connectivity index (χ1v) is 14.6. The third-order valence-corrected chi connectivity index (χ3v) is 7.75. The first-order valence-electron chi connectivity index (χ1n) is 14.6. The first-order chi connectivity index (χ1) is 21.5. The summed E-state index contributed by atoms with van der Waals surface area (Å²) in [6.45, 7) is 8.47. The number of amides is 4. The number of H-pyrrole nitrogens is 1. The lowest BCUT2D eigenvalue weighted by Crippen LogP contribution is -2.48. The number of hydrogen-bond acceptors (Lipinski definition) is 6. The second kappa shape index (κ2) is 13.1. The SMILES string of the molecule is C=CC(=O)Nc1ccc(C(=O)Nc2cccc(Nc3n[nH]c4c3CN(C(=O)N[C@H](CN(C)C)c3ccccc3)C4(C)C)c2)cc1. The molecular weight excluding hydrogens is 568 g/mol. The largest absolute Gasteiger partial charge is 0.338 e. The van der Waals surface area contributed by atoms with Crippen LogP contribution in [0.5, 0.6) is 0 Å². The number of carbonyl (C=O) groups is 3. The normalized spacial score (nSPS) is 13.9. The molecule has 0 spiro atoms. The minimum absolute atomic E-state index is 0.160. The number of aromatic nitrogens is 2. The molecule has 4 aromatic rings. The Kier molecular flexibility index (Phi) is 9.01. The van der Waals surface area contributed by atoms with E-state index < -0.39 is 5.54 Å². The van der Waals surface area contributed by atoms with Crippen LogP contribution >= 0.6 is 0 Å². The maximum atomic E-state index is 13.7. The summed E-state index contributed by atoms with van der Waals surface area (Å²) in [5.74, 6) is -0.00175. The number of aromatic amines is 1. The average molecular weight is 607 g/mol. The topological polar surface area (TPSA) is 134 Å². The second-order valence-electron chi connectivity index (χ2n) is 11.7. The Morgan fingerprint density at radius 3 is 2.38 bits per heavy atom. The maximum Gasteiger partial charge on any atom is 0.319 e. The summed E-state index contributed by atoms with van der Waals surface area (Å²) in [5.41, 5.74) is 4.51. The van der Waals surface area contributed by atoms with E-state index in [0.29, 0.717) is 35.8 Å². The molecule has 3 aromatic carbocycles. The van der Waals surface area contributed by atoms with E-state index in [1.807, 2.05) is 81.4 Å². The van der Waals surface area contributed by atoms with Gasteiger partial charge in [-0.2, -0.15) is 5.10 Å². The van der Waals surface area contributed by atoms with E-state index in [2.05, 4.69) is 42.9 Å². The van der Waals surface area contributed by atoms with E-state index in [4.69, 9.17) is 0 Å². The van der Waals surface area contributed by atoms with E-state index in [0.717, 1.165) is 22.5 Å². The van der Waals surface area contributed by atoms with Crippen LogP contribution in [0.25, 0.3) is 0 Å². The number of nitrogens with one attached hydrogen (secondary N) is 5. The van der Waals surface area contributed by atoms with Crippen molar-refractivity contribution in [3.8, 4) is 0 Å². The van der Waals surface area contributed by atoms with Gasteiger partial charge in [0.25, 0.3) is 5.91 Å². The molecule has 0 saturated heterocycles. The van der Waals surface area contributed by atoms with Gasteiger partial charge in [-0.3, -0.25) is 14.7 Å². The average Bonchev–Trinajstić information content (AvgIpc) is 3.54. The smallest absolute Gasteiger partial charge is 0.319 e. The second-order valence-corrected chi connectivity index (χ2v) is 11.7. The highest BCUT2D eigenvalue weighted by atomic mass is 16.2. The fourth-order valence-corrected chi connectivity index (χ4v) is 5.37. The Hall–Kier alpha value is -5.42. The van der Waals surface area contributed by atoms with Gasteiger partial charge in [-0.15, -0.1) is 0 Å². The predicted octanol–water partition coefficient (Wildman–Crippen LogP) is 5.59. The van der Waals surface area contributed by atoms with Crippen LogP contribution in [-0.4, -0.2) is 58.5 Å². The fourth-order valence-electron chi connectivity index (χ4n) is 5.37. The van der Waals surface area contributed by atoms with Crippen LogP contribution in [0.3, 0.4) is 0 Å². The zero-order valence-electron chi connectivity index (χ0n) is 25.8. The van der Waals surface area contributed by atoms with Crippen molar-refractivity contribution in [2.45, 2.75) is 32.0 Å². The van der Waals surface area contributed by atoms with E-state index in [9.17, 15) is 14.4 Å². The molecule has 4 amide bonds. The number of carbonyl (C=O) groups excluding carboxylic acids is 3.